The number of carbonyl (C=O) groups excluding carboxylic acids is 2. The van der Waals surface area contributed by atoms with Gasteiger partial charge in [-0.2, -0.15) is 13.2 Å². The standard InChI is InChI=1S/C9H5Br2ClF3NO2S/c10-5-1-3(7(11)19-5)4(2-6(12)17)16-8(18)9(13,14)15/h1,4H,2H2,(H,16,18). The molecule has 0 saturated carbocycles. The summed E-state index contributed by atoms with van der Waals surface area (Å²) in [6, 6.07) is 0.367. The minimum absolute atomic E-state index is 0.350. The van der Waals surface area contributed by atoms with Crippen LogP contribution in [0.25, 0.3) is 0 Å². The van der Waals surface area contributed by atoms with Crippen LogP contribution in [0.2, 0.25) is 0 Å². The second kappa shape index (κ2) is 6.55. The summed E-state index contributed by atoms with van der Waals surface area (Å²) < 4.78 is 37.8. The van der Waals surface area contributed by atoms with Crippen molar-refractivity contribution in [2.24, 2.45) is 0 Å². The minimum Gasteiger partial charge on any atom is -0.341 e. The lowest BCUT2D eigenvalue weighted by Gasteiger charge is -2.17. The third kappa shape index (κ3) is 5.05. The number of hydrogen-bond acceptors (Lipinski definition) is 3. The molecule has 1 unspecified atom stereocenters. The van der Waals surface area contributed by atoms with E-state index in [0.29, 0.717) is 13.1 Å². The highest BCUT2D eigenvalue weighted by atomic mass is 79.9. The average Bonchev–Trinajstić information content (AvgIpc) is 2.54. The molecule has 1 aromatic heterocycles. The van der Waals surface area contributed by atoms with E-state index in [2.05, 4.69) is 31.9 Å². The number of rotatable bonds is 4. The Labute approximate surface area is 131 Å². The van der Waals surface area contributed by atoms with E-state index in [-0.39, 0.29) is 0 Å². The van der Waals surface area contributed by atoms with E-state index < -0.39 is 29.8 Å². The van der Waals surface area contributed by atoms with Crippen LogP contribution in [0.4, 0.5) is 13.2 Å². The van der Waals surface area contributed by atoms with Gasteiger partial charge in [0.25, 0.3) is 0 Å². The molecule has 1 amide bonds. The maximum Gasteiger partial charge on any atom is 0.471 e. The summed E-state index contributed by atoms with van der Waals surface area (Å²) >= 11 is 12.7. The Hall–Kier alpha value is -0.120. The highest BCUT2D eigenvalue weighted by molar-refractivity contribution is 9.12. The molecule has 1 N–H and O–H groups in total. The van der Waals surface area contributed by atoms with E-state index in [1.807, 2.05) is 0 Å². The molecule has 3 nitrogen and oxygen atoms in total. The van der Waals surface area contributed by atoms with Crippen molar-refractivity contribution in [1.82, 2.24) is 5.32 Å². The van der Waals surface area contributed by atoms with Crippen LogP contribution in [0.3, 0.4) is 0 Å². The van der Waals surface area contributed by atoms with Gasteiger partial charge < -0.3 is 5.32 Å². The summed E-state index contributed by atoms with van der Waals surface area (Å²) in [5.74, 6) is -2.12. The SMILES string of the molecule is O=C(Cl)CC(NC(=O)C(F)(F)F)c1cc(Br)sc1Br. The second-order valence-corrected chi connectivity index (χ2v) is 7.53. The molecule has 0 aliphatic carbocycles. The zero-order valence-corrected chi connectivity index (χ0v) is 13.6. The van der Waals surface area contributed by atoms with Gasteiger partial charge in [-0.15, -0.1) is 11.3 Å². The number of nitrogens with one attached hydrogen (secondary N) is 1. The second-order valence-electron chi connectivity index (χ2n) is 3.36. The highest BCUT2D eigenvalue weighted by Gasteiger charge is 2.40. The molecule has 0 bridgehead atoms. The van der Waals surface area contributed by atoms with Gasteiger partial charge in [0.15, 0.2) is 0 Å². The fourth-order valence-electron chi connectivity index (χ4n) is 1.23. The van der Waals surface area contributed by atoms with Gasteiger partial charge >= 0.3 is 12.1 Å². The van der Waals surface area contributed by atoms with Crippen molar-refractivity contribution in [2.75, 3.05) is 0 Å². The average molecular weight is 443 g/mol. The Morgan fingerprint density at radius 3 is 2.37 bits per heavy atom. The first-order valence-corrected chi connectivity index (χ1v) is 7.40. The molecular weight excluding hydrogens is 438 g/mol. The zero-order chi connectivity index (χ0) is 14.8. The molecular formula is C9H5Br2ClF3NO2S. The maximum atomic E-state index is 12.2. The van der Waals surface area contributed by atoms with Gasteiger partial charge in [-0.05, 0) is 49.5 Å². The first-order chi connectivity index (χ1) is 8.61. The topological polar surface area (TPSA) is 46.2 Å². The fraction of sp³-hybridized carbons (Fsp3) is 0.333. The smallest absolute Gasteiger partial charge is 0.341 e. The minimum atomic E-state index is -5.02. The molecule has 0 saturated heterocycles. The molecule has 0 fully saturated rings. The van der Waals surface area contributed by atoms with E-state index in [4.69, 9.17) is 11.6 Å². The number of halogens is 6. The molecule has 106 valence electrons. The fourth-order valence-corrected chi connectivity index (χ4v) is 4.36. The molecule has 1 heterocycles. The monoisotopic (exact) mass is 441 g/mol. The molecule has 10 heteroatoms. The molecule has 1 rings (SSSR count). The Morgan fingerprint density at radius 1 is 1.42 bits per heavy atom. The van der Waals surface area contributed by atoms with Crippen molar-refractivity contribution in [1.29, 1.82) is 0 Å². The summed E-state index contributed by atoms with van der Waals surface area (Å²) in [6.07, 6.45) is -5.46. The van der Waals surface area contributed by atoms with Crippen molar-refractivity contribution >= 4 is 65.9 Å². The lowest BCUT2D eigenvalue weighted by Crippen LogP contribution is -2.39. The highest BCUT2D eigenvalue weighted by Crippen LogP contribution is 2.37. The van der Waals surface area contributed by atoms with Crippen LogP contribution in [-0.4, -0.2) is 17.3 Å². The Kier molecular flexibility index (Phi) is 5.84. The molecule has 1 aromatic rings. The third-order valence-electron chi connectivity index (χ3n) is 1.99. The van der Waals surface area contributed by atoms with E-state index in [0.717, 1.165) is 0 Å². The number of alkyl halides is 3. The van der Waals surface area contributed by atoms with E-state index in [1.165, 1.54) is 17.4 Å². The Morgan fingerprint density at radius 2 is 2.00 bits per heavy atom. The van der Waals surface area contributed by atoms with Crippen LogP contribution in [0.1, 0.15) is 18.0 Å². The van der Waals surface area contributed by atoms with Crippen LogP contribution < -0.4 is 5.32 Å². The maximum absolute atomic E-state index is 12.2. The lowest BCUT2D eigenvalue weighted by atomic mass is 10.1. The zero-order valence-electron chi connectivity index (χ0n) is 8.85. The summed E-state index contributed by atoms with van der Waals surface area (Å²) in [5.41, 5.74) is 0.350. The number of carbonyl (C=O) groups is 2. The molecule has 0 aliphatic rings. The van der Waals surface area contributed by atoms with Crippen molar-refractivity contribution in [3.8, 4) is 0 Å². The van der Waals surface area contributed by atoms with Crippen LogP contribution in [0.15, 0.2) is 13.6 Å². The van der Waals surface area contributed by atoms with Crippen molar-refractivity contribution in [3.63, 3.8) is 0 Å². The predicted octanol–water partition coefficient (Wildman–Crippen LogP) is 4.15. The summed E-state index contributed by atoms with van der Waals surface area (Å²) in [4.78, 5) is 21.8. The van der Waals surface area contributed by atoms with E-state index in [1.54, 1.807) is 5.32 Å². The van der Waals surface area contributed by atoms with Crippen LogP contribution in [-0.2, 0) is 9.59 Å². The summed E-state index contributed by atoms with van der Waals surface area (Å²) in [5, 5.41) is 0.900. The van der Waals surface area contributed by atoms with Crippen LogP contribution >= 0.6 is 54.8 Å². The first-order valence-electron chi connectivity index (χ1n) is 4.62. The van der Waals surface area contributed by atoms with E-state index in [9.17, 15) is 22.8 Å². The number of hydrogen-bond donors (Lipinski definition) is 1. The van der Waals surface area contributed by atoms with Gasteiger partial charge in [0.1, 0.15) is 0 Å². The van der Waals surface area contributed by atoms with Crippen LogP contribution in [0.5, 0.6) is 0 Å². The van der Waals surface area contributed by atoms with Crippen molar-refractivity contribution < 1.29 is 22.8 Å². The molecule has 0 spiro atoms. The van der Waals surface area contributed by atoms with Gasteiger partial charge in [-0.3, -0.25) is 9.59 Å². The molecule has 0 radical (unpaired) electrons. The quantitative estimate of drug-likeness (QED) is 0.711. The first kappa shape index (κ1) is 16.9. The number of thiophene rings is 1. The largest absolute Gasteiger partial charge is 0.471 e. The molecule has 0 aromatic carbocycles. The van der Waals surface area contributed by atoms with E-state index >= 15 is 0 Å². The van der Waals surface area contributed by atoms with Gasteiger partial charge in [-0.1, -0.05) is 0 Å². The van der Waals surface area contributed by atoms with Crippen LogP contribution in [0, 0.1) is 0 Å². The summed E-state index contributed by atoms with van der Waals surface area (Å²) in [7, 11) is 0. The van der Waals surface area contributed by atoms with Gasteiger partial charge in [-0.25, -0.2) is 0 Å². The van der Waals surface area contributed by atoms with Gasteiger partial charge in [0, 0.05) is 12.0 Å². The summed E-state index contributed by atoms with van der Waals surface area (Å²) in [6.45, 7) is 0. The number of amides is 1. The lowest BCUT2D eigenvalue weighted by molar-refractivity contribution is -0.174. The Balaban J connectivity index is 2.99. The van der Waals surface area contributed by atoms with Crippen molar-refractivity contribution in [2.45, 2.75) is 18.6 Å². The molecule has 19 heavy (non-hydrogen) atoms. The predicted molar refractivity (Wildman–Crippen MR) is 72.1 cm³/mol. The molecule has 1 atom stereocenters. The normalized spacial score (nSPS) is 13.2. The van der Waals surface area contributed by atoms with Crippen molar-refractivity contribution in [3.05, 3.63) is 19.2 Å². The van der Waals surface area contributed by atoms with Gasteiger partial charge in [0.05, 0.1) is 13.6 Å². The van der Waals surface area contributed by atoms with Gasteiger partial charge in [0.2, 0.25) is 5.24 Å². The Bertz CT molecular complexity index is 506. The third-order valence-corrected chi connectivity index (χ3v) is 4.53. The molecule has 0 aliphatic heterocycles.